The van der Waals surface area contributed by atoms with Crippen molar-refractivity contribution in [3.8, 4) is 11.3 Å². The monoisotopic (exact) mass is 284 g/mol. The number of benzene rings is 1. The highest BCUT2D eigenvalue weighted by molar-refractivity contribution is 6.30. The zero-order chi connectivity index (χ0) is 13.9. The Balaban J connectivity index is 1.90. The lowest BCUT2D eigenvalue weighted by Crippen LogP contribution is -2.00. The highest BCUT2D eigenvalue weighted by Gasteiger charge is 2.06. The molecule has 0 atom stereocenters. The van der Waals surface area contributed by atoms with Crippen LogP contribution in [0.25, 0.3) is 11.3 Å². The van der Waals surface area contributed by atoms with Crippen LogP contribution in [0.15, 0.2) is 55.1 Å². The number of pyridine rings is 1. The molecule has 5 heteroatoms. The van der Waals surface area contributed by atoms with E-state index in [0.29, 0.717) is 5.82 Å². The molecule has 4 nitrogen and oxygen atoms in total. The fraction of sp³-hybridized carbons (Fsp3) is 0.0667. The van der Waals surface area contributed by atoms with Gasteiger partial charge in [-0.3, -0.25) is 0 Å². The van der Waals surface area contributed by atoms with E-state index in [4.69, 9.17) is 17.3 Å². The molecule has 2 N–H and O–H groups in total. The Kier molecular flexibility index (Phi) is 3.39. The largest absolute Gasteiger partial charge is 0.384 e. The molecule has 0 saturated carbocycles. The molecule has 0 aliphatic carbocycles. The average molecular weight is 285 g/mol. The zero-order valence-electron chi connectivity index (χ0n) is 10.7. The topological polar surface area (TPSA) is 56.7 Å². The molecule has 3 aromatic rings. The van der Waals surface area contributed by atoms with Crippen molar-refractivity contribution in [2.45, 2.75) is 6.54 Å². The maximum Gasteiger partial charge on any atom is 0.123 e. The van der Waals surface area contributed by atoms with Crippen LogP contribution >= 0.6 is 11.6 Å². The molecule has 3 rings (SSSR count). The molecule has 0 spiro atoms. The van der Waals surface area contributed by atoms with E-state index in [0.717, 1.165) is 28.4 Å². The van der Waals surface area contributed by atoms with Crippen molar-refractivity contribution >= 4 is 17.4 Å². The molecule has 0 aliphatic heterocycles. The van der Waals surface area contributed by atoms with Gasteiger partial charge in [0, 0.05) is 23.3 Å². The molecular weight excluding hydrogens is 272 g/mol. The van der Waals surface area contributed by atoms with Crippen molar-refractivity contribution in [3.05, 3.63) is 65.7 Å². The molecule has 0 unspecified atom stereocenters. The van der Waals surface area contributed by atoms with Gasteiger partial charge in [0.1, 0.15) is 5.82 Å². The molecular formula is C15H13ClN4. The minimum atomic E-state index is 0.512. The van der Waals surface area contributed by atoms with E-state index >= 15 is 0 Å². The van der Waals surface area contributed by atoms with Gasteiger partial charge in [0.2, 0.25) is 0 Å². The van der Waals surface area contributed by atoms with Gasteiger partial charge in [-0.05, 0) is 29.8 Å². The summed E-state index contributed by atoms with van der Waals surface area (Å²) in [6, 6.07) is 11.5. The van der Waals surface area contributed by atoms with Crippen LogP contribution in [0.4, 0.5) is 5.82 Å². The third kappa shape index (κ3) is 2.65. The number of hydrogen-bond donors (Lipinski definition) is 1. The van der Waals surface area contributed by atoms with Crippen LogP contribution in [-0.4, -0.2) is 14.5 Å². The maximum atomic E-state index is 5.90. The summed E-state index contributed by atoms with van der Waals surface area (Å²) in [5.41, 5.74) is 8.77. The molecule has 2 heterocycles. The van der Waals surface area contributed by atoms with E-state index in [1.54, 1.807) is 18.6 Å². The second-order valence-electron chi connectivity index (χ2n) is 4.50. The molecule has 0 amide bonds. The molecule has 0 saturated heterocycles. The number of imidazole rings is 1. The lowest BCUT2D eigenvalue weighted by Gasteiger charge is -2.08. The third-order valence-corrected chi connectivity index (χ3v) is 3.31. The summed E-state index contributed by atoms with van der Waals surface area (Å²) in [6.07, 6.45) is 5.38. The Morgan fingerprint density at radius 3 is 2.55 bits per heavy atom. The van der Waals surface area contributed by atoms with Crippen molar-refractivity contribution in [1.82, 2.24) is 14.5 Å². The van der Waals surface area contributed by atoms with E-state index in [-0.39, 0.29) is 0 Å². The Hall–Kier alpha value is -2.33. The van der Waals surface area contributed by atoms with Crippen molar-refractivity contribution < 1.29 is 0 Å². The normalized spacial score (nSPS) is 10.7. The Morgan fingerprint density at radius 2 is 1.85 bits per heavy atom. The molecule has 1 aromatic carbocycles. The summed E-state index contributed by atoms with van der Waals surface area (Å²) in [7, 11) is 0. The number of halogens is 1. The fourth-order valence-electron chi connectivity index (χ4n) is 2.03. The van der Waals surface area contributed by atoms with Crippen molar-refractivity contribution in [3.63, 3.8) is 0 Å². The molecule has 0 radical (unpaired) electrons. The minimum absolute atomic E-state index is 0.512. The van der Waals surface area contributed by atoms with Gasteiger partial charge in [-0.15, -0.1) is 0 Å². The Labute approximate surface area is 121 Å². The Morgan fingerprint density at radius 1 is 1.05 bits per heavy atom. The maximum absolute atomic E-state index is 5.90. The van der Waals surface area contributed by atoms with Gasteiger partial charge in [0.15, 0.2) is 0 Å². The molecule has 0 bridgehead atoms. The summed E-state index contributed by atoms with van der Waals surface area (Å²) in [6.45, 7) is 0.733. The smallest absolute Gasteiger partial charge is 0.123 e. The number of anilines is 1. The predicted molar refractivity (Wildman–Crippen MR) is 80.4 cm³/mol. The molecule has 100 valence electrons. The quantitative estimate of drug-likeness (QED) is 0.803. The number of nitrogen functional groups attached to an aromatic ring is 1. The summed E-state index contributed by atoms with van der Waals surface area (Å²) < 4.78 is 2.07. The first kappa shape index (κ1) is 12.7. The highest BCUT2D eigenvalue weighted by Crippen LogP contribution is 2.20. The van der Waals surface area contributed by atoms with E-state index in [1.807, 2.05) is 36.5 Å². The highest BCUT2D eigenvalue weighted by atomic mass is 35.5. The van der Waals surface area contributed by atoms with E-state index < -0.39 is 0 Å². The van der Waals surface area contributed by atoms with Gasteiger partial charge >= 0.3 is 0 Å². The van der Waals surface area contributed by atoms with Gasteiger partial charge < -0.3 is 10.3 Å². The first-order valence-electron chi connectivity index (χ1n) is 6.19. The lowest BCUT2D eigenvalue weighted by atomic mass is 10.2. The van der Waals surface area contributed by atoms with Crippen molar-refractivity contribution in [2.24, 2.45) is 0 Å². The van der Waals surface area contributed by atoms with Crippen LogP contribution in [0.1, 0.15) is 5.56 Å². The Bertz CT molecular complexity index is 701. The van der Waals surface area contributed by atoms with Crippen LogP contribution in [0.5, 0.6) is 0 Å². The summed E-state index contributed by atoms with van der Waals surface area (Å²) in [5.74, 6) is 0.512. The molecule has 20 heavy (non-hydrogen) atoms. The number of rotatable bonds is 3. The van der Waals surface area contributed by atoms with E-state index in [2.05, 4.69) is 14.5 Å². The van der Waals surface area contributed by atoms with Crippen LogP contribution in [-0.2, 0) is 6.54 Å². The van der Waals surface area contributed by atoms with Gasteiger partial charge in [0.05, 0.1) is 18.2 Å². The fourth-order valence-corrected chi connectivity index (χ4v) is 2.16. The number of nitrogens with two attached hydrogens (primary N) is 1. The predicted octanol–water partition coefficient (Wildman–Crippen LogP) is 3.23. The van der Waals surface area contributed by atoms with Crippen molar-refractivity contribution in [2.75, 3.05) is 5.73 Å². The van der Waals surface area contributed by atoms with Crippen LogP contribution in [0.3, 0.4) is 0 Å². The van der Waals surface area contributed by atoms with Crippen LogP contribution < -0.4 is 5.73 Å². The summed E-state index contributed by atoms with van der Waals surface area (Å²) >= 11 is 5.90. The van der Waals surface area contributed by atoms with Gasteiger partial charge in [-0.2, -0.15) is 0 Å². The van der Waals surface area contributed by atoms with E-state index in [1.165, 1.54) is 0 Å². The number of hydrogen-bond acceptors (Lipinski definition) is 3. The SMILES string of the molecule is Nc1ccc(-c2cncn2Cc2ccc(Cl)cc2)cn1. The molecule has 0 aliphatic rings. The second-order valence-corrected chi connectivity index (χ2v) is 4.94. The summed E-state index contributed by atoms with van der Waals surface area (Å²) in [4.78, 5) is 8.33. The van der Waals surface area contributed by atoms with Gasteiger partial charge in [0.25, 0.3) is 0 Å². The number of aromatic nitrogens is 3. The second kappa shape index (κ2) is 5.35. The lowest BCUT2D eigenvalue weighted by molar-refractivity contribution is 0.804. The zero-order valence-corrected chi connectivity index (χ0v) is 11.5. The van der Waals surface area contributed by atoms with E-state index in [9.17, 15) is 0 Å². The third-order valence-electron chi connectivity index (χ3n) is 3.06. The van der Waals surface area contributed by atoms with Crippen LogP contribution in [0, 0.1) is 0 Å². The standard InChI is InChI=1S/C15H13ClN4/c16-13-4-1-11(2-5-13)9-20-10-18-8-14(20)12-3-6-15(17)19-7-12/h1-8,10H,9H2,(H2,17,19). The van der Waals surface area contributed by atoms with Gasteiger partial charge in [-0.25, -0.2) is 9.97 Å². The summed E-state index contributed by atoms with van der Waals surface area (Å²) in [5, 5.41) is 0.738. The first-order valence-corrected chi connectivity index (χ1v) is 6.56. The van der Waals surface area contributed by atoms with Crippen LogP contribution in [0.2, 0.25) is 5.02 Å². The molecule has 0 fully saturated rings. The van der Waals surface area contributed by atoms with Crippen molar-refractivity contribution in [1.29, 1.82) is 0 Å². The molecule has 2 aromatic heterocycles. The first-order chi connectivity index (χ1) is 9.72. The minimum Gasteiger partial charge on any atom is -0.384 e. The average Bonchev–Trinajstić information content (AvgIpc) is 2.90. The number of nitrogens with zero attached hydrogens (tertiary/aromatic N) is 3. The van der Waals surface area contributed by atoms with Gasteiger partial charge in [-0.1, -0.05) is 23.7 Å².